The van der Waals surface area contributed by atoms with Gasteiger partial charge in [-0.15, -0.1) is 11.3 Å². The monoisotopic (exact) mass is 319 g/mol. The molecule has 2 rings (SSSR count). The van der Waals surface area contributed by atoms with Gasteiger partial charge in [-0.25, -0.2) is 10.4 Å². The van der Waals surface area contributed by atoms with Crippen molar-refractivity contribution in [2.24, 2.45) is 5.10 Å². The summed E-state index contributed by atoms with van der Waals surface area (Å²) in [7, 11) is 3.06. The predicted molar refractivity (Wildman–Crippen MR) is 86.1 cm³/mol. The first-order valence-corrected chi connectivity index (χ1v) is 7.42. The molecule has 0 radical (unpaired) electrons. The van der Waals surface area contributed by atoms with Crippen LogP contribution < -0.4 is 14.9 Å². The van der Waals surface area contributed by atoms with E-state index in [9.17, 15) is 4.79 Å². The van der Waals surface area contributed by atoms with E-state index in [0.29, 0.717) is 22.8 Å². The zero-order chi connectivity index (χ0) is 16.1. The van der Waals surface area contributed by atoms with Crippen LogP contribution in [-0.2, 0) is 0 Å². The highest BCUT2D eigenvalue weighted by Crippen LogP contribution is 2.27. The number of carbonyl (C=O) groups excluding carboxylic acids is 1. The van der Waals surface area contributed by atoms with Gasteiger partial charge in [-0.1, -0.05) is 0 Å². The van der Waals surface area contributed by atoms with E-state index in [1.165, 1.54) is 18.4 Å². The van der Waals surface area contributed by atoms with Gasteiger partial charge in [0.2, 0.25) is 0 Å². The van der Waals surface area contributed by atoms with Crippen LogP contribution in [0.25, 0.3) is 0 Å². The maximum Gasteiger partial charge on any atom is 0.271 e. The third kappa shape index (κ3) is 3.62. The smallest absolute Gasteiger partial charge is 0.271 e. The minimum absolute atomic E-state index is 0.325. The number of hydrogen-bond donors (Lipinski definition) is 1. The Bertz CT molecular complexity index is 710. The van der Waals surface area contributed by atoms with Crippen LogP contribution in [0.5, 0.6) is 11.5 Å². The molecule has 0 atom stereocenters. The number of aryl methyl sites for hydroxylation is 1. The van der Waals surface area contributed by atoms with Gasteiger partial charge in [-0.05, 0) is 32.0 Å². The minimum Gasteiger partial charge on any atom is -0.493 e. The van der Waals surface area contributed by atoms with Crippen LogP contribution in [0.4, 0.5) is 0 Å². The molecule has 0 fully saturated rings. The van der Waals surface area contributed by atoms with Crippen molar-refractivity contribution in [3.05, 3.63) is 39.8 Å². The Morgan fingerprint density at radius 3 is 2.59 bits per heavy atom. The molecule has 6 nitrogen and oxygen atoms in total. The van der Waals surface area contributed by atoms with Crippen LogP contribution in [0.1, 0.15) is 28.0 Å². The number of rotatable bonds is 5. The molecule has 1 aromatic carbocycles. The normalized spacial score (nSPS) is 11.2. The standard InChI is InChI=1S/C15H17N3O3S/c1-9-8-22-15(16-9)10(2)17-18-14(19)11-5-6-12(20-3)13(7-11)21-4/h5-8H,1-4H3,(H,18,19)/b17-10+. The Morgan fingerprint density at radius 2 is 2.00 bits per heavy atom. The summed E-state index contributed by atoms with van der Waals surface area (Å²) in [6, 6.07) is 4.93. The van der Waals surface area contributed by atoms with Gasteiger partial charge in [-0.2, -0.15) is 5.10 Å². The highest BCUT2D eigenvalue weighted by molar-refractivity contribution is 7.11. The molecule has 2 aromatic rings. The third-order valence-corrected chi connectivity index (χ3v) is 3.97. The molecule has 0 unspecified atom stereocenters. The summed E-state index contributed by atoms with van der Waals surface area (Å²) in [5.74, 6) is 0.733. The zero-order valence-corrected chi connectivity index (χ0v) is 13.7. The van der Waals surface area contributed by atoms with E-state index < -0.39 is 0 Å². The van der Waals surface area contributed by atoms with Gasteiger partial charge in [-0.3, -0.25) is 4.79 Å². The van der Waals surface area contributed by atoms with Crippen molar-refractivity contribution >= 4 is 23.0 Å². The first-order valence-electron chi connectivity index (χ1n) is 6.54. The number of ether oxygens (including phenoxy) is 2. The second-order valence-electron chi connectivity index (χ2n) is 4.50. The largest absolute Gasteiger partial charge is 0.493 e. The Balaban J connectivity index is 2.12. The van der Waals surface area contributed by atoms with Crippen molar-refractivity contribution < 1.29 is 14.3 Å². The van der Waals surface area contributed by atoms with E-state index in [0.717, 1.165) is 10.7 Å². The molecule has 1 amide bonds. The molecule has 1 aromatic heterocycles. The fourth-order valence-electron chi connectivity index (χ4n) is 1.74. The molecule has 7 heteroatoms. The maximum absolute atomic E-state index is 12.1. The van der Waals surface area contributed by atoms with E-state index in [1.54, 1.807) is 32.2 Å². The number of aromatic nitrogens is 1. The maximum atomic E-state index is 12.1. The van der Waals surface area contributed by atoms with E-state index in [2.05, 4.69) is 15.5 Å². The molecule has 22 heavy (non-hydrogen) atoms. The number of nitrogens with zero attached hydrogens (tertiary/aromatic N) is 2. The van der Waals surface area contributed by atoms with Gasteiger partial charge in [0.15, 0.2) is 11.5 Å². The number of hydrogen-bond acceptors (Lipinski definition) is 6. The zero-order valence-electron chi connectivity index (χ0n) is 12.8. The lowest BCUT2D eigenvalue weighted by Crippen LogP contribution is -2.19. The summed E-state index contributed by atoms with van der Waals surface area (Å²) in [5, 5.41) is 6.79. The minimum atomic E-state index is -0.325. The molecule has 0 aliphatic heterocycles. The number of benzene rings is 1. The molecule has 1 N–H and O–H groups in total. The summed E-state index contributed by atoms with van der Waals surface area (Å²) in [6.07, 6.45) is 0. The van der Waals surface area contributed by atoms with Crippen LogP contribution in [0.15, 0.2) is 28.7 Å². The molecular weight excluding hydrogens is 302 g/mol. The van der Waals surface area contributed by atoms with Crippen LogP contribution in [0.3, 0.4) is 0 Å². The topological polar surface area (TPSA) is 72.8 Å². The van der Waals surface area contributed by atoms with Gasteiger partial charge in [0.1, 0.15) is 5.01 Å². The molecule has 0 saturated heterocycles. The number of methoxy groups -OCH3 is 2. The van der Waals surface area contributed by atoms with Crippen LogP contribution >= 0.6 is 11.3 Å². The Morgan fingerprint density at radius 1 is 1.27 bits per heavy atom. The lowest BCUT2D eigenvalue weighted by molar-refractivity contribution is 0.0954. The highest BCUT2D eigenvalue weighted by Gasteiger charge is 2.11. The number of thiazole rings is 1. The van der Waals surface area contributed by atoms with Gasteiger partial charge >= 0.3 is 0 Å². The second kappa shape index (κ2) is 7.04. The number of nitrogens with one attached hydrogen (secondary N) is 1. The number of hydrazone groups is 1. The van der Waals surface area contributed by atoms with Crippen LogP contribution in [0, 0.1) is 6.92 Å². The summed E-state index contributed by atoms with van der Waals surface area (Å²) in [5.41, 5.74) is 4.54. The van der Waals surface area contributed by atoms with Crippen molar-refractivity contribution in [1.29, 1.82) is 0 Å². The highest BCUT2D eigenvalue weighted by atomic mass is 32.1. The Hall–Kier alpha value is -2.41. The predicted octanol–water partition coefficient (Wildman–Crippen LogP) is 2.62. The van der Waals surface area contributed by atoms with E-state index in [4.69, 9.17) is 9.47 Å². The van der Waals surface area contributed by atoms with Gasteiger partial charge < -0.3 is 9.47 Å². The number of amides is 1. The molecule has 116 valence electrons. The average Bonchev–Trinajstić information content (AvgIpc) is 2.98. The van der Waals surface area contributed by atoms with Gasteiger partial charge in [0, 0.05) is 16.6 Å². The SMILES string of the molecule is COc1ccc(C(=O)N/N=C(\C)c2nc(C)cs2)cc1OC. The summed E-state index contributed by atoms with van der Waals surface area (Å²) < 4.78 is 10.3. The quantitative estimate of drug-likeness (QED) is 0.679. The molecule has 0 saturated carbocycles. The average molecular weight is 319 g/mol. The van der Waals surface area contributed by atoms with E-state index >= 15 is 0 Å². The van der Waals surface area contributed by atoms with Gasteiger partial charge in [0.05, 0.1) is 19.9 Å². The molecule has 0 aliphatic carbocycles. The van der Waals surface area contributed by atoms with Crippen molar-refractivity contribution in [2.75, 3.05) is 14.2 Å². The fourth-order valence-corrected chi connectivity index (χ4v) is 2.49. The molecule has 0 spiro atoms. The van der Waals surface area contributed by atoms with Crippen molar-refractivity contribution in [3.8, 4) is 11.5 Å². The lowest BCUT2D eigenvalue weighted by Gasteiger charge is -2.08. The summed E-state index contributed by atoms with van der Waals surface area (Å²) in [6.45, 7) is 3.71. The van der Waals surface area contributed by atoms with Crippen molar-refractivity contribution in [3.63, 3.8) is 0 Å². The molecular formula is C15H17N3O3S. The fraction of sp³-hybridized carbons (Fsp3) is 0.267. The van der Waals surface area contributed by atoms with Crippen LogP contribution in [0.2, 0.25) is 0 Å². The Kier molecular flexibility index (Phi) is 5.11. The second-order valence-corrected chi connectivity index (χ2v) is 5.36. The number of carbonyl (C=O) groups is 1. The Labute approximate surface area is 132 Å². The van der Waals surface area contributed by atoms with Crippen LogP contribution in [-0.4, -0.2) is 30.8 Å². The van der Waals surface area contributed by atoms with Crippen molar-refractivity contribution in [1.82, 2.24) is 10.4 Å². The first kappa shape index (κ1) is 16.0. The van der Waals surface area contributed by atoms with E-state index in [1.807, 2.05) is 12.3 Å². The summed E-state index contributed by atoms with van der Waals surface area (Å²) >= 11 is 1.49. The van der Waals surface area contributed by atoms with Gasteiger partial charge in [0.25, 0.3) is 5.91 Å². The molecule has 0 aliphatic rings. The first-order chi connectivity index (χ1) is 10.5. The molecule has 0 bridgehead atoms. The third-order valence-electron chi connectivity index (χ3n) is 2.90. The lowest BCUT2D eigenvalue weighted by atomic mass is 10.2. The van der Waals surface area contributed by atoms with E-state index in [-0.39, 0.29) is 5.91 Å². The van der Waals surface area contributed by atoms with Crippen molar-refractivity contribution in [2.45, 2.75) is 13.8 Å². The summed E-state index contributed by atoms with van der Waals surface area (Å²) in [4.78, 5) is 16.4. The molecule has 1 heterocycles.